The van der Waals surface area contributed by atoms with Crippen molar-refractivity contribution in [1.29, 1.82) is 0 Å². The summed E-state index contributed by atoms with van der Waals surface area (Å²) in [5, 5.41) is 0. The van der Waals surface area contributed by atoms with Gasteiger partial charge in [-0.3, -0.25) is 4.79 Å². The molecule has 0 amide bonds. The molecule has 2 heterocycles. The van der Waals surface area contributed by atoms with Gasteiger partial charge in [0.25, 0.3) is 0 Å². The predicted octanol–water partition coefficient (Wildman–Crippen LogP) is 0.899. The van der Waals surface area contributed by atoms with Crippen LogP contribution in [0.2, 0.25) is 0 Å². The normalized spacial score (nSPS) is 27.1. The third kappa shape index (κ3) is 1.72. The van der Waals surface area contributed by atoms with Crippen molar-refractivity contribution in [2.24, 2.45) is 5.92 Å². The first-order valence-electron chi connectivity index (χ1n) is 6.29. The number of esters is 4. The van der Waals surface area contributed by atoms with Crippen LogP contribution in [0.5, 0.6) is 0 Å². The molecule has 2 aliphatic heterocycles. The van der Waals surface area contributed by atoms with Gasteiger partial charge in [0.2, 0.25) is 0 Å². The molecular formula is C15H10O6. The first-order valence-corrected chi connectivity index (χ1v) is 6.29. The Hall–Kier alpha value is -2.76. The molecular weight excluding hydrogens is 276 g/mol. The molecule has 0 radical (unpaired) electrons. The topological polar surface area (TPSA) is 86.7 Å². The van der Waals surface area contributed by atoms with Gasteiger partial charge in [-0.1, -0.05) is 18.7 Å². The number of hydrogen-bond acceptors (Lipinski definition) is 6. The van der Waals surface area contributed by atoms with Crippen LogP contribution in [-0.4, -0.2) is 23.9 Å². The van der Waals surface area contributed by atoms with E-state index in [0.29, 0.717) is 0 Å². The molecule has 2 fully saturated rings. The fourth-order valence-electron chi connectivity index (χ4n) is 2.72. The zero-order valence-electron chi connectivity index (χ0n) is 11.1. The van der Waals surface area contributed by atoms with Crippen LogP contribution in [-0.2, 0) is 28.7 Å². The molecule has 2 saturated heterocycles. The van der Waals surface area contributed by atoms with Crippen molar-refractivity contribution in [3.8, 4) is 0 Å². The van der Waals surface area contributed by atoms with Crippen LogP contribution in [0.15, 0.2) is 46.6 Å². The van der Waals surface area contributed by atoms with Crippen LogP contribution in [0.1, 0.15) is 13.3 Å². The van der Waals surface area contributed by atoms with Gasteiger partial charge in [0, 0.05) is 5.57 Å². The molecule has 0 aromatic heterocycles. The van der Waals surface area contributed by atoms with Gasteiger partial charge in [0.15, 0.2) is 0 Å². The van der Waals surface area contributed by atoms with Crippen molar-refractivity contribution < 1.29 is 28.7 Å². The van der Waals surface area contributed by atoms with Gasteiger partial charge in [-0.15, -0.1) is 0 Å². The summed E-state index contributed by atoms with van der Waals surface area (Å²) < 4.78 is 9.26. The molecule has 0 N–H and O–H groups in total. The second kappa shape index (κ2) is 4.37. The molecule has 1 unspecified atom stereocenters. The van der Waals surface area contributed by atoms with Crippen molar-refractivity contribution in [3.05, 3.63) is 46.6 Å². The zero-order valence-corrected chi connectivity index (χ0v) is 11.1. The summed E-state index contributed by atoms with van der Waals surface area (Å²) in [5.74, 6) is -3.88. The molecule has 21 heavy (non-hydrogen) atoms. The average molecular weight is 286 g/mol. The number of fused-ring (bicyclic) bond motifs is 2. The quantitative estimate of drug-likeness (QED) is 0.373. The molecule has 0 bridgehead atoms. The van der Waals surface area contributed by atoms with Gasteiger partial charge >= 0.3 is 23.9 Å². The molecule has 1 aliphatic carbocycles. The van der Waals surface area contributed by atoms with Crippen LogP contribution >= 0.6 is 0 Å². The Kier molecular flexibility index (Phi) is 2.76. The second-order valence-electron chi connectivity index (χ2n) is 4.76. The Bertz CT molecular complexity index is 713. The molecule has 106 valence electrons. The molecule has 0 aromatic rings. The Labute approximate surface area is 119 Å². The van der Waals surface area contributed by atoms with E-state index in [-0.39, 0.29) is 34.3 Å². The third-order valence-electron chi connectivity index (χ3n) is 3.68. The van der Waals surface area contributed by atoms with Crippen molar-refractivity contribution in [1.82, 2.24) is 0 Å². The third-order valence-corrected chi connectivity index (χ3v) is 3.68. The first-order chi connectivity index (χ1) is 9.95. The molecule has 6 heteroatoms. The Morgan fingerprint density at radius 1 is 1.14 bits per heavy atom. The van der Waals surface area contributed by atoms with Crippen LogP contribution in [0, 0.1) is 5.92 Å². The van der Waals surface area contributed by atoms with Gasteiger partial charge in [-0.25, -0.2) is 14.4 Å². The molecule has 3 rings (SSSR count). The highest BCUT2D eigenvalue weighted by Crippen LogP contribution is 2.43. The average Bonchev–Trinajstić information content (AvgIpc) is 2.44. The maximum atomic E-state index is 11.8. The zero-order chi connectivity index (χ0) is 15.3. The van der Waals surface area contributed by atoms with Crippen molar-refractivity contribution in [2.75, 3.05) is 0 Å². The van der Waals surface area contributed by atoms with E-state index in [1.54, 1.807) is 6.92 Å². The summed E-state index contributed by atoms with van der Waals surface area (Å²) in [7, 11) is 0. The fourth-order valence-corrected chi connectivity index (χ4v) is 2.72. The van der Waals surface area contributed by atoms with Gasteiger partial charge in [0.05, 0.1) is 22.6 Å². The number of allylic oxidation sites excluding steroid dienone is 2. The van der Waals surface area contributed by atoms with Crippen LogP contribution in [0.25, 0.3) is 0 Å². The van der Waals surface area contributed by atoms with E-state index in [1.807, 2.05) is 0 Å². The maximum Gasteiger partial charge on any atom is 0.346 e. The maximum absolute atomic E-state index is 11.8. The standard InChI is InChI=1S/C15H10O6/c1-3-7-11-9(15(19)21-13(7)17)5-4-8-10(11)6(2)12(16)20-14(8)18/h3,5,8H,2,4H2,1H3/b7-3+. The van der Waals surface area contributed by atoms with E-state index in [9.17, 15) is 19.2 Å². The smallest absolute Gasteiger partial charge is 0.346 e. The SMILES string of the molecule is C=C1C(=O)OC(=O)C2CC=C3C(=O)OC(=O)/C(=C/C)C3=C12. The number of hydrogen-bond donors (Lipinski definition) is 0. The summed E-state index contributed by atoms with van der Waals surface area (Å²) in [6.45, 7) is 5.23. The van der Waals surface area contributed by atoms with E-state index < -0.39 is 29.8 Å². The van der Waals surface area contributed by atoms with Gasteiger partial charge in [-0.2, -0.15) is 0 Å². The van der Waals surface area contributed by atoms with Crippen LogP contribution in [0.3, 0.4) is 0 Å². The Balaban J connectivity index is 2.30. The summed E-state index contributed by atoms with van der Waals surface area (Å²) in [4.78, 5) is 47.2. The molecule has 0 aromatic carbocycles. The number of rotatable bonds is 0. The van der Waals surface area contributed by atoms with Gasteiger partial charge in [0.1, 0.15) is 0 Å². The lowest BCUT2D eigenvalue weighted by Gasteiger charge is -2.32. The van der Waals surface area contributed by atoms with E-state index in [1.165, 1.54) is 12.2 Å². The lowest BCUT2D eigenvalue weighted by atomic mass is 9.75. The summed E-state index contributed by atoms with van der Waals surface area (Å²) >= 11 is 0. The van der Waals surface area contributed by atoms with Gasteiger partial charge in [-0.05, 0) is 18.9 Å². The largest absolute Gasteiger partial charge is 0.389 e. The molecule has 0 saturated carbocycles. The van der Waals surface area contributed by atoms with E-state index in [2.05, 4.69) is 16.1 Å². The van der Waals surface area contributed by atoms with E-state index >= 15 is 0 Å². The highest BCUT2D eigenvalue weighted by atomic mass is 16.6. The fraction of sp³-hybridized carbons (Fsp3) is 0.200. The Morgan fingerprint density at radius 2 is 1.86 bits per heavy atom. The summed E-state index contributed by atoms with van der Waals surface area (Å²) in [6, 6.07) is 0. The number of carbonyl (C=O) groups is 4. The van der Waals surface area contributed by atoms with Crippen molar-refractivity contribution in [2.45, 2.75) is 13.3 Å². The molecule has 1 atom stereocenters. The number of ether oxygens (including phenoxy) is 2. The predicted molar refractivity (Wildman–Crippen MR) is 68.3 cm³/mol. The van der Waals surface area contributed by atoms with Crippen LogP contribution in [0.4, 0.5) is 0 Å². The van der Waals surface area contributed by atoms with Gasteiger partial charge < -0.3 is 9.47 Å². The second-order valence-corrected chi connectivity index (χ2v) is 4.76. The molecule has 0 spiro atoms. The lowest BCUT2D eigenvalue weighted by molar-refractivity contribution is -0.162. The minimum atomic E-state index is -0.859. The number of carbonyl (C=O) groups excluding carboxylic acids is 4. The summed E-state index contributed by atoms with van der Waals surface area (Å²) in [6.07, 6.45) is 3.19. The molecule has 6 nitrogen and oxygen atoms in total. The number of cyclic esters (lactones) is 4. The lowest BCUT2D eigenvalue weighted by Crippen LogP contribution is -2.37. The molecule has 3 aliphatic rings. The monoisotopic (exact) mass is 286 g/mol. The van der Waals surface area contributed by atoms with E-state index in [0.717, 1.165) is 0 Å². The van der Waals surface area contributed by atoms with Crippen LogP contribution < -0.4 is 0 Å². The van der Waals surface area contributed by atoms with E-state index in [4.69, 9.17) is 0 Å². The van der Waals surface area contributed by atoms with Crippen molar-refractivity contribution >= 4 is 23.9 Å². The van der Waals surface area contributed by atoms with Crippen molar-refractivity contribution in [3.63, 3.8) is 0 Å². The Morgan fingerprint density at radius 3 is 2.52 bits per heavy atom. The first kappa shape index (κ1) is 13.2. The highest BCUT2D eigenvalue weighted by Gasteiger charge is 2.45. The minimum absolute atomic E-state index is 0.0120. The highest BCUT2D eigenvalue weighted by molar-refractivity contribution is 6.16. The summed E-state index contributed by atoms with van der Waals surface area (Å²) in [5.41, 5.74) is 0.848. The minimum Gasteiger partial charge on any atom is -0.389 e.